The van der Waals surface area contributed by atoms with Crippen LogP contribution in [0.3, 0.4) is 0 Å². The number of rotatable bonds is 4. The second-order valence-electron chi connectivity index (χ2n) is 5.75. The van der Waals surface area contributed by atoms with Gasteiger partial charge in [0.1, 0.15) is 0 Å². The molecule has 1 fully saturated rings. The number of nitrogens with one attached hydrogen (secondary N) is 1. The maximum atomic E-state index is 3.70. The van der Waals surface area contributed by atoms with E-state index in [0.717, 1.165) is 22.9 Å². The molecule has 1 N–H and O–H groups in total. The SMILES string of the molecule is CCNC1CC(C)CC(C)C1Sc1ccc(Br)cc1. The van der Waals surface area contributed by atoms with Crippen LogP contribution in [-0.4, -0.2) is 17.8 Å². The van der Waals surface area contributed by atoms with Crippen molar-refractivity contribution in [2.45, 2.75) is 49.8 Å². The molecule has 1 aromatic carbocycles. The molecule has 0 aliphatic heterocycles. The van der Waals surface area contributed by atoms with Gasteiger partial charge in [-0.25, -0.2) is 0 Å². The smallest absolute Gasteiger partial charge is 0.0274 e. The zero-order valence-corrected chi connectivity index (χ0v) is 14.4. The van der Waals surface area contributed by atoms with Gasteiger partial charge in [-0.15, -0.1) is 11.8 Å². The molecular weight excluding hydrogens is 318 g/mol. The summed E-state index contributed by atoms with van der Waals surface area (Å²) in [5.41, 5.74) is 0. The highest BCUT2D eigenvalue weighted by Gasteiger charge is 2.34. The molecule has 0 saturated heterocycles. The van der Waals surface area contributed by atoms with E-state index in [9.17, 15) is 0 Å². The molecule has 1 aliphatic rings. The van der Waals surface area contributed by atoms with Crippen LogP contribution in [0.4, 0.5) is 0 Å². The summed E-state index contributed by atoms with van der Waals surface area (Å²) < 4.78 is 1.16. The number of halogens is 1. The first kappa shape index (κ1) is 15.4. The molecule has 1 aliphatic carbocycles. The van der Waals surface area contributed by atoms with E-state index in [4.69, 9.17) is 0 Å². The molecule has 0 amide bonds. The van der Waals surface area contributed by atoms with Gasteiger partial charge in [0, 0.05) is 20.7 Å². The van der Waals surface area contributed by atoms with Gasteiger partial charge >= 0.3 is 0 Å². The first-order valence-electron chi connectivity index (χ1n) is 7.25. The monoisotopic (exact) mass is 341 g/mol. The van der Waals surface area contributed by atoms with Crippen molar-refractivity contribution >= 4 is 27.7 Å². The van der Waals surface area contributed by atoms with Gasteiger partial charge in [0.2, 0.25) is 0 Å². The predicted molar refractivity (Wildman–Crippen MR) is 88.8 cm³/mol. The number of hydrogen-bond acceptors (Lipinski definition) is 2. The Morgan fingerprint density at radius 2 is 1.89 bits per heavy atom. The fourth-order valence-electron chi connectivity index (χ4n) is 3.16. The lowest BCUT2D eigenvalue weighted by atomic mass is 9.80. The Morgan fingerprint density at radius 3 is 2.53 bits per heavy atom. The van der Waals surface area contributed by atoms with Crippen molar-refractivity contribution in [3.05, 3.63) is 28.7 Å². The molecule has 1 nitrogen and oxygen atoms in total. The molecule has 1 saturated carbocycles. The molecule has 3 heteroatoms. The van der Waals surface area contributed by atoms with E-state index in [1.807, 2.05) is 11.8 Å². The lowest BCUT2D eigenvalue weighted by Crippen LogP contribution is -2.46. The highest BCUT2D eigenvalue weighted by molar-refractivity contribution is 9.10. The fourth-order valence-corrected chi connectivity index (χ4v) is 4.75. The Bertz CT molecular complexity index is 392. The molecule has 0 bridgehead atoms. The van der Waals surface area contributed by atoms with E-state index in [-0.39, 0.29) is 0 Å². The van der Waals surface area contributed by atoms with Gasteiger partial charge < -0.3 is 5.32 Å². The van der Waals surface area contributed by atoms with Crippen LogP contribution in [0.1, 0.15) is 33.6 Å². The summed E-state index contributed by atoms with van der Waals surface area (Å²) in [5, 5.41) is 4.39. The molecule has 0 radical (unpaired) electrons. The Hall–Kier alpha value is 0.01000. The minimum absolute atomic E-state index is 0.650. The summed E-state index contributed by atoms with van der Waals surface area (Å²) in [6.07, 6.45) is 2.67. The Balaban J connectivity index is 2.08. The van der Waals surface area contributed by atoms with Crippen LogP contribution in [-0.2, 0) is 0 Å². The van der Waals surface area contributed by atoms with Crippen LogP contribution < -0.4 is 5.32 Å². The average molecular weight is 342 g/mol. The standard InChI is InChI=1S/C16H24BrNS/c1-4-18-15-10-11(2)9-12(3)16(15)19-14-7-5-13(17)6-8-14/h5-8,11-12,15-16,18H,4,9-10H2,1-3H3. The summed E-state index contributed by atoms with van der Waals surface area (Å²) in [4.78, 5) is 1.39. The van der Waals surface area contributed by atoms with Gasteiger partial charge in [0.25, 0.3) is 0 Å². The molecule has 2 rings (SSSR count). The third-order valence-electron chi connectivity index (χ3n) is 3.94. The topological polar surface area (TPSA) is 12.0 Å². The molecule has 0 heterocycles. The lowest BCUT2D eigenvalue weighted by Gasteiger charge is -2.39. The van der Waals surface area contributed by atoms with Crippen molar-refractivity contribution in [1.29, 1.82) is 0 Å². The highest BCUT2D eigenvalue weighted by Crippen LogP contribution is 2.39. The third-order valence-corrected chi connectivity index (χ3v) is 6.08. The molecule has 0 spiro atoms. The van der Waals surface area contributed by atoms with Gasteiger partial charge in [-0.05, 0) is 55.5 Å². The van der Waals surface area contributed by atoms with Crippen molar-refractivity contribution in [3.8, 4) is 0 Å². The van der Waals surface area contributed by atoms with Gasteiger partial charge in [0.05, 0.1) is 0 Å². The highest BCUT2D eigenvalue weighted by atomic mass is 79.9. The van der Waals surface area contributed by atoms with E-state index >= 15 is 0 Å². The number of hydrogen-bond donors (Lipinski definition) is 1. The van der Waals surface area contributed by atoms with Crippen molar-refractivity contribution < 1.29 is 0 Å². The van der Waals surface area contributed by atoms with Crippen LogP contribution in [0.25, 0.3) is 0 Å². The zero-order valence-electron chi connectivity index (χ0n) is 12.0. The van der Waals surface area contributed by atoms with Crippen LogP contribution in [0.15, 0.2) is 33.6 Å². The largest absolute Gasteiger partial charge is 0.313 e. The van der Waals surface area contributed by atoms with Gasteiger partial charge in [-0.3, -0.25) is 0 Å². The summed E-state index contributed by atoms with van der Waals surface area (Å²) in [6.45, 7) is 8.09. The second-order valence-corrected chi connectivity index (χ2v) is 7.92. The van der Waals surface area contributed by atoms with Crippen molar-refractivity contribution in [2.24, 2.45) is 11.8 Å². The molecule has 19 heavy (non-hydrogen) atoms. The Kier molecular flexibility index (Phi) is 5.79. The first-order valence-corrected chi connectivity index (χ1v) is 8.93. The van der Waals surface area contributed by atoms with E-state index in [1.54, 1.807) is 0 Å². The lowest BCUT2D eigenvalue weighted by molar-refractivity contribution is 0.251. The minimum Gasteiger partial charge on any atom is -0.313 e. The van der Waals surface area contributed by atoms with E-state index in [1.165, 1.54) is 17.7 Å². The second kappa shape index (κ2) is 7.14. The van der Waals surface area contributed by atoms with Crippen molar-refractivity contribution in [1.82, 2.24) is 5.32 Å². The van der Waals surface area contributed by atoms with Crippen LogP contribution >= 0.6 is 27.7 Å². The van der Waals surface area contributed by atoms with E-state index in [0.29, 0.717) is 11.3 Å². The number of thioether (sulfide) groups is 1. The maximum absolute atomic E-state index is 3.70. The van der Waals surface area contributed by atoms with E-state index < -0.39 is 0 Å². The van der Waals surface area contributed by atoms with Gasteiger partial charge in [-0.2, -0.15) is 0 Å². The molecule has 0 aromatic heterocycles. The Labute approximate surface area is 130 Å². The third kappa shape index (κ3) is 4.24. The molecule has 106 valence electrons. The van der Waals surface area contributed by atoms with E-state index in [2.05, 4.69) is 66.3 Å². The Morgan fingerprint density at radius 1 is 1.21 bits per heavy atom. The number of benzene rings is 1. The van der Waals surface area contributed by atoms with Crippen LogP contribution in [0.5, 0.6) is 0 Å². The summed E-state index contributed by atoms with van der Waals surface area (Å²) in [5.74, 6) is 1.63. The van der Waals surface area contributed by atoms with Crippen molar-refractivity contribution in [3.63, 3.8) is 0 Å². The normalized spacial score (nSPS) is 31.4. The zero-order chi connectivity index (χ0) is 13.8. The molecule has 4 atom stereocenters. The minimum atomic E-state index is 0.650. The average Bonchev–Trinajstić information content (AvgIpc) is 2.36. The molecule has 4 unspecified atom stereocenters. The summed E-state index contributed by atoms with van der Waals surface area (Å²) in [7, 11) is 0. The molecule has 1 aromatic rings. The molecular formula is C16H24BrNS. The first-order chi connectivity index (χ1) is 9.10. The predicted octanol–water partition coefficient (Wildman–Crippen LogP) is 4.95. The fraction of sp³-hybridized carbons (Fsp3) is 0.625. The van der Waals surface area contributed by atoms with Gasteiger partial charge in [0.15, 0.2) is 0 Å². The maximum Gasteiger partial charge on any atom is 0.0274 e. The van der Waals surface area contributed by atoms with Crippen LogP contribution in [0.2, 0.25) is 0 Å². The van der Waals surface area contributed by atoms with Gasteiger partial charge in [-0.1, -0.05) is 36.7 Å². The quantitative estimate of drug-likeness (QED) is 0.830. The van der Waals surface area contributed by atoms with Crippen LogP contribution in [0, 0.1) is 11.8 Å². The summed E-state index contributed by atoms with van der Waals surface area (Å²) in [6, 6.07) is 9.38. The van der Waals surface area contributed by atoms with Crippen molar-refractivity contribution in [2.75, 3.05) is 6.54 Å². The summed E-state index contributed by atoms with van der Waals surface area (Å²) >= 11 is 5.55.